The summed E-state index contributed by atoms with van der Waals surface area (Å²) in [5, 5.41) is 3.88. The average molecular weight is 1660 g/mol. The molecule has 12 nitrogen and oxygen atoms in total. The summed E-state index contributed by atoms with van der Waals surface area (Å²) < 4.78 is 105. The fourth-order valence-corrected chi connectivity index (χ4v) is 60.7. The molecule has 0 spiro atoms. The Morgan fingerprint density at radius 1 is 0.171 bits per heavy atom. The van der Waals surface area contributed by atoms with Crippen molar-refractivity contribution in [2.45, 2.75) is 0 Å². The number of hydrogen-bond donors (Lipinski definition) is 0. The maximum Gasteiger partial charge on any atom is 0.515 e. The minimum atomic E-state index is -4.97. The van der Waals surface area contributed by atoms with E-state index in [0.29, 0.717) is 77.3 Å². The molecule has 0 atom stereocenters. The second kappa shape index (κ2) is 20.3. The van der Waals surface area contributed by atoms with E-state index in [1.54, 1.807) is 0 Å². The van der Waals surface area contributed by atoms with Crippen LogP contribution in [0.5, 0.6) is 0 Å². The first kappa shape index (κ1) is 54.1. The third-order valence-electron chi connectivity index (χ3n) is 12.7. The Kier molecular flexibility index (Phi) is 14.5. The van der Waals surface area contributed by atoms with Gasteiger partial charge in [0.1, 0.15) is 0 Å². The monoisotopic (exact) mass is 1660 g/mol. The molecule has 6 saturated heterocycles. The molecule has 384 valence electrons. The molecular formula is C48H32Br8O12Si8. The maximum atomic E-state index is 8.27. The number of benzene rings is 8. The topological polar surface area (TPSA) is 111 Å². The van der Waals surface area contributed by atoms with Crippen LogP contribution in [0.1, 0.15) is 0 Å². The molecule has 6 fully saturated rings. The highest BCUT2D eigenvalue weighted by Crippen LogP contribution is 2.49. The van der Waals surface area contributed by atoms with Gasteiger partial charge in [0.2, 0.25) is 0 Å². The Morgan fingerprint density at radius 2 is 0.276 bits per heavy atom. The van der Waals surface area contributed by atoms with E-state index in [2.05, 4.69) is 127 Å². The normalized spacial score (nSPS) is 31.5. The predicted molar refractivity (Wildman–Crippen MR) is 329 cm³/mol. The van der Waals surface area contributed by atoms with Gasteiger partial charge in [-0.3, -0.25) is 0 Å². The van der Waals surface area contributed by atoms with Gasteiger partial charge in [0, 0.05) is 77.3 Å². The van der Waals surface area contributed by atoms with Crippen LogP contribution < -0.4 is 41.5 Å². The van der Waals surface area contributed by atoms with Crippen LogP contribution in [-0.2, 0) is 49.4 Å². The van der Waals surface area contributed by atoms with Gasteiger partial charge in [0.15, 0.2) is 0 Å². The Bertz CT molecular complexity index is 2890. The smallest absolute Gasteiger partial charge is 0.366 e. The van der Waals surface area contributed by atoms with Crippen LogP contribution in [0.2, 0.25) is 0 Å². The Balaban J connectivity index is 1.29. The largest absolute Gasteiger partial charge is 0.515 e. The van der Waals surface area contributed by atoms with Crippen LogP contribution >= 0.6 is 127 Å². The van der Waals surface area contributed by atoms with E-state index in [1.165, 1.54) is 0 Å². The van der Waals surface area contributed by atoms with Gasteiger partial charge in [-0.1, -0.05) is 225 Å². The first-order chi connectivity index (χ1) is 36.5. The van der Waals surface area contributed by atoms with Gasteiger partial charge >= 0.3 is 70.4 Å². The molecule has 6 aliphatic heterocycles. The Labute approximate surface area is 512 Å². The van der Waals surface area contributed by atoms with Crippen LogP contribution in [0, 0.1) is 0 Å². The van der Waals surface area contributed by atoms with Crippen molar-refractivity contribution < 1.29 is 49.4 Å². The first-order valence-corrected chi connectivity index (χ1v) is 43.1. The molecule has 28 heteroatoms. The third kappa shape index (κ3) is 9.51. The van der Waals surface area contributed by atoms with Crippen molar-refractivity contribution in [1.29, 1.82) is 0 Å². The standard InChI is InChI=1S/C48H32Br8O12Si8/c49-33-9-1-17-41(25-33)69-57-70(42-18-2-10-34(50)26-42)60-73(45-21-5-13-37(53)29-45)62-71(58-69,43-19-3-11-35(51)27-43)64-75(47-23-7-15-39(55)31-47)65-72(59-69,44-20-4-12-36(52)28-44)63-74(61-70,46-22-6-14-38(54)30-46)67-76(66-73,68-75)48-24-8-16-40(56)32-48/h1-32H. The van der Waals surface area contributed by atoms with Gasteiger partial charge in [0.05, 0.1) is 0 Å². The molecule has 0 amide bonds. The average Bonchev–Trinajstić information content (AvgIpc) is 3.35. The predicted octanol–water partition coefficient (Wildman–Crippen LogP) is 9.12. The molecule has 0 aromatic heterocycles. The van der Waals surface area contributed by atoms with Crippen LogP contribution in [0.15, 0.2) is 230 Å². The highest BCUT2D eigenvalue weighted by atomic mass is 79.9. The minimum Gasteiger partial charge on any atom is -0.366 e. The molecule has 0 radical (unpaired) electrons. The molecule has 0 aliphatic carbocycles. The van der Waals surface area contributed by atoms with E-state index < -0.39 is 70.4 Å². The summed E-state index contributed by atoms with van der Waals surface area (Å²) in [5.74, 6) is 0. The molecule has 8 bridgehead atoms. The number of hydrogen-bond acceptors (Lipinski definition) is 12. The molecule has 6 heterocycles. The van der Waals surface area contributed by atoms with Crippen molar-refractivity contribution in [3.63, 3.8) is 0 Å². The minimum absolute atomic E-state index is 0.485. The molecule has 0 N–H and O–H groups in total. The zero-order chi connectivity index (χ0) is 52.4. The summed E-state index contributed by atoms with van der Waals surface area (Å²) in [5.41, 5.74) is 0. The summed E-state index contributed by atoms with van der Waals surface area (Å²) in [6, 6.07) is 60.8. The summed E-state index contributed by atoms with van der Waals surface area (Å²) in [6.07, 6.45) is 0. The fourth-order valence-electron chi connectivity index (χ4n) is 9.47. The van der Waals surface area contributed by atoms with Crippen LogP contribution in [0.3, 0.4) is 0 Å². The van der Waals surface area contributed by atoms with Crippen molar-refractivity contribution in [1.82, 2.24) is 0 Å². The summed E-state index contributed by atoms with van der Waals surface area (Å²) in [6.45, 7) is 0. The molecule has 8 aromatic rings. The van der Waals surface area contributed by atoms with Gasteiger partial charge in [-0.15, -0.1) is 0 Å². The third-order valence-corrected chi connectivity index (χ3v) is 50.5. The Morgan fingerprint density at radius 3 is 0.368 bits per heavy atom. The molecule has 76 heavy (non-hydrogen) atoms. The maximum absolute atomic E-state index is 8.27. The fraction of sp³-hybridized carbons (Fsp3) is 0. The lowest BCUT2D eigenvalue weighted by Gasteiger charge is -2.62. The van der Waals surface area contributed by atoms with E-state index >= 15 is 0 Å². The summed E-state index contributed by atoms with van der Waals surface area (Å²) in [4.78, 5) is 0. The molecule has 14 rings (SSSR count). The zero-order valence-corrected chi connectivity index (χ0v) is 59.1. The lowest BCUT2D eigenvalue weighted by molar-refractivity contribution is -0.00299. The van der Waals surface area contributed by atoms with Crippen molar-refractivity contribution in [3.8, 4) is 0 Å². The number of halogens is 8. The van der Waals surface area contributed by atoms with Gasteiger partial charge in [0.25, 0.3) is 0 Å². The van der Waals surface area contributed by atoms with Crippen LogP contribution in [0.4, 0.5) is 0 Å². The molecule has 0 saturated carbocycles. The quantitative estimate of drug-likeness (QED) is 0.135. The van der Waals surface area contributed by atoms with Crippen LogP contribution in [-0.4, -0.2) is 70.4 Å². The molecule has 8 aromatic carbocycles. The number of rotatable bonds is 8. The van der Waals surface area contributed by atoms with Crippen molar-refractivity contribution in [2.75, 3.05) is 0 Å². The van der Waals surface area contributed by atoms with E-state index in [4.69, 9.17) is 49.4 Å². The van der Waals surface area contributed by atoms with Crippen molar-refractivity contribution in [3.05, 3.63) is 230 Å². The van der Waals surface area contributed by atoms with E-state index in [1.807, 2.05) is 194 Å². The molecule has 0 unspecified atom stereocenters. The molecule has 6 aliphatic rings. The van der Waals surface area contributed by atoms with Gasteiger partial charge in [-0.05, 0) is 97.1 Å². The summed E-state index contributed by atoms with van der Waals surface area (Å²) in [7, 11) is -39.7. The highest BCUT2D eigenvalue weighted by molar-refractivity contribution is 9.11. The zero-order valence-electron chi connectivity index (χ0n) is 38.4. The van der Waals surface area contributed by atoms with Gasteiger partial charge < -0.3 is 49.4 Å². The van der Waals surface area contributed by atoms with Crippen molar-refractivity contribution in [2.24, 2.45) is 0 Å². The van der Waals surface area contributed by atoms with Gasteiger partial charge in [-0.2, -0.15) is 0 Å². The molecular weight excluding hydrogens is 1630 g/mol. The summed E-state index contributed by atoms with van der Waals surface area (Å²) >= 11 is 30.5. The second-order valence-electron chi connectivity index (χ2n) is 17.8. The lowest BCUT2D eigenvalue weighted by atomic mass is 10.4. The van der Waals surface area contributed by atoms with Gasteiger partial charge in [-0.25, -0.2) is 0 Å². The first-order valence-electron chi connectivity index (χ1n) is 23.0. The second-order valence-corrected chi connectivity index (χ2v) is 48.4. The van der Waals surface area contributed by atoms with E-state index in [-0.39, 0.29) is 0 Å². The van der Waals surface area contributed by atoms with E-state index in [0.717, 1.165) is 0 Å². The highest BCUT2D eigenvalue weighted by Gasteiger charge is 2.86. The SMILES string of the molecule is Brc1cccc([Si]23O[Si]4(c5cccc(Br)c5)O[Si]5(c6cccc(Br)c6)O[Si](c6cccc(Br)c6)(O2)O[Si]2(c6cccc(Br)c6)O[Si](c6cccc(Br)c6)(O3)O[Si](c3cccc(Br)c3)(O4)O[Si](c3cccc(Br)c3)(O5)O2)c1. The van der Waals surface area contributed by atoms with Crippen LogP contribution in [0.25, 0.3) is 0 Å². The lowest BCUT2D eigenvalue weighted by Crippen LogP contribution is -2.96. The van der Waals surface area contributed by atoms with Crippen molar-refractivity contribution >= 4 is 239 Å². The Hall–Kier alpha value is -1.14. The van der Waals surface area contributed by atoms with E-state index in [9.17, 15) is 0 Å².